The van der Waals surface area contributed by atoms with Crippen molar-refractivity contribution in [3.05, 3.63) is 34.9 Å². The maximum atomic E-state index is 6.04. The lowest BCUT2D eigenvalue weighted by Crippen LogP contribution is -2.50. The minimum Gasteiger partial charge on any atom is -0.377 e. The van der Waals surface area contributed by atoms with Crippen LogP contribution in [0, 0.1) is 0 Å². The summed E-state index contributed by atoms with van der Waals surface area (Å²) in [7, 11) is 6.02. The van der Waals surface area contributed by atoms with E-state index in [1.54, 1.807) is 0 Å². The molecule has 6 nitrogen and oxygen atoms in total. The van der Waals surface area contributed by atoms with Crippen molar-refractivity contribution >= 4 is 17.6 Å². The van der Waals surface area contributed by atoms with Crippen LogP contribution in [0.3, 0.4) is 0 Å². The second-order valence-electron chi connectivity index (χ2n) is 8.16. The highest BCUT2D eigenvalue weighted by Crippen LogP contribution is 2.20. The summed E-state index contributed by atoms with van der Waals surface area (Å²) in [5.74, 6) is 0.868. The van der Waals surface area contributed by atoms with Crippen LogP contribution in [0.5, 0.6) is 0 Å². The summed E-state index contributed by atoms with van der Waals surface area (Å²) in [4.78, 5) is 9.13. The Kier molecular flexibility index (Phi) is 10.2. The van der Waals surface area contributed by atoms with E-state index >= 15 is 0 Å². The maximum absolute atomic E-state index is 6.04. The SMILES string of the molecule is CN=C(NCC(c1ccc(Cl)cc1)N(C)C)NC1CCN(CCOC(C)C)CC1. The van der Waals surface area contributed by atoms with Gasteiger partial charge in [-0.2, -0.15) is 0 Å². The van der Waals surface area contributed by atoms with Gasteiger partial charge in [-0.25, -0.2) is 0 Å². The zero-order valence-electron chi connectivity index (χ0n) is 18.6. The monoisotopic (exact) mass is 423 g/mol. The average Bonchev–Trinajstić information content (AvgIpc) is 2.69. The van der Waals surface area contributed by atoms with Crippen LogP contribution in [-0.4, -0.2) is 81.8 Å². The van der Waals surface area contributed by atoms with E-state index in [-0.39, 0.29) is 6.04 Å². The van der Waals surface area contributed by atoms with E-state index in [4.69, 9.17) is 16.3 Å². The molecule has 0 spiro atoms. The van der Waals surface area contributed by atoms with E-state index < -0.39 is 0 Å². The molecule has 0 aliphatic carbocycles. The average molecular weight is 424 g/mol. The van der Waals surface area contributed by atoms with Gasteiger partial charge in [0, 0.05) is 44.3 Å². The Morgan fingerprint density at radius 2 is 1.90 bits per heavy atom. The standard InChI is InChI=1S/C22H38ClN5O/c1-17(2)29-15-14-28-12-10-20(11-13-28)26-22(24-3)25-16-21(27(4)5)18-6-8-19(23)9-7-18/h6-9,17,20-21H,10-16H2,1-5H3,(H2,24,25,26). The van der Waals surface area contributed by atoms with Gasteiger partial charge >= 0.3 is 0 Å². The molecular formula is C22H38ClN5O. The van der Waals surface area contributed by atoms with E-state index in [9.17, 15) is 0 Å². The van der Waals surface area contributed by atoms with Gasteiger partial charge in [0.25, 0.3) is 0 Å². The molecule has 2 rings (SSSR count). The Morgan fingerprint density at radius 1 is 1.24 bits per heavy atom. The molecule has 1 aromatic rings. The van der Waals surface area contributed by atoms with Gasteiger partial charge in [-0.15, -0.1) is 0 Å². The number of guanidine groups is 1. The predicted octanol–water partition coefficient (Wildman–Crippen LogP) is 3.00. The zero-order valence-corrected chi connectivity index (χ0v) is 19.4. The fourth-order valence-electron chi connectivity index (χ4n) is 3.58. The summed E-state index contributed by atoms with van der Waals surface area (Å²) >= 11 is 6.04. The number of likely N-dealkylation sites (N-methyl/N-ethyl adjacent to an activating group) is 1. The second-order valence-corrected chi connectivity index (χ2v) is 8.60. The van der Waals surface area contributed by atoms with Crippen molar-refractivity contribution < 1.29 is 4.74 Å². The van der Waals surface area contributed by atoms with Crippen molar-refractivity contribution in [2.45, 2.75) is 44.9 Å². The molecule has 0 saturated carbocycles. The van der Waals surface area contributed by atoms with Crippen LogP contribution >= 0.6 is 11.6 Å². The number of nitrogens with zero attached hydrogens (tertiary/aromatic N) is 3. The number of ether oxygens (including phenoxy) is 1. The first-order valence-electron chi connectivity index (χ1n) is 10.6. The first-order chi connectivity index (χ1) is 13.9. The minimum atomic E-state index is 0.244. The van der Waals surface area contributed by atoms with E-state index in [0.29, 0.717) is 12.1 Å². The normalized spacial score (nSPS) is 17.7. The van der Waals surface area contributed by atoms with Gasteiger partial charge in [0.05, 0.1) is 18.8 Å². The Bertz CT molecular complexity index is 612. The first kappa shape index (κ1) is 23.9. The number of benzene rings is 1. The minimum absolute atomic E-state index is 0.244. The van der Waals surface area contributed by atoms with Gasteiger partial charge < -0.3 is 25.2 Å². The van der Waals surface area contributed by atoms with Crippen molar-refractivity contribution in [3.8, 4) is 0 Å². The number of piperidine rings is 1. The molecule has 0 amide bonds. The number of rotatable bonds is 9. The summed E-state index contributed by atoms with van der Waals surface area (Å²) < 4.78 is 5.67. The largest absolute Gasteiger partial charge is 0.377 e. The van der Waals surface area contributed by atoms with E-state index in [2.05, 4.69) is 65.5 Å². The molecule has 2 N–H and O–H groups in total. The third-order valence-electron chi connectivity index (χ3n) is 5.35. The summed E-state index contributed by atoms with van der Waals surface area (Å²) in [6.07, 6.45) is 2.55. The lowest BCUT2D eigenvalue weighted by Gasteiger charge is -2.33. The Morgan fingerprint density at radius 3 is 2.45 bits per heavy atom. The van der Waals surface area contributed by atoms with Crippen LogP contribution in [0.2, 0.25) is 5.02 Å². The zero-order chi connectivity index (χ0) is 21.2. The van der Waals surface area contributed by atoms with E-state index in [1.807, 2.05) is 19.2 Å². The Balaban J connectivity index is 1.78. The summed E-state index contributed by atoms with van der Waals surface area (Å²) in [6, 6.07) is 8.76. The fourth-order valence-corrected chi connectivity index (χ4v) is 3.71. The molecule has 1 aromatic carbocycles. The van der Waals surface area contributed by atoms with Crippen LogP contribution in [0.4, 0.5) is 0 Å². The maximum Gasteiger partial charge on any atom is 0.191 e. The third kappa shape index (κ3) is 8.51. The highest BCUT2D eigenvalue weighted by molar-refractivity contribution is 6.30. The highest BCUT2D eigenvalue weighted by Gasteiger charge is 2.21. The second kappa shape index (κ2) is 12.4. The topological polar surface area (TPSA) is 52.1 Å². The Hall–Kier alpha value is -1.34. The van der Waals surface area contributed by atoms with Gasteiger partial charge in [0.1, 0.15) is 0 Å². The van der Waals surface area contributed by atoms with Gasteiger partial charge in [-0.05, 0) is 58.5 Å². The molecular weight excluding hydrogens is 386 g/mol. The van der Waals surface area contributed by atoms with Crippen molar-refractivity contribution in [2.75, 3.05) is 53.9 Å². The van der Waals surface area contributed by atoms with E-state index in [0.717, 1.165) is 56.6 Å². The molecule has 1 aliphatic rings. The summed E-state index contributed by atoms with van der Waals surface area (Å²) in [6.45, 7) is 8.98. The van der Waals surface area contributed by atoms with Crippen molar-refractivity contribution in [1.29, 1.82) is 0 Å². The molecule has 7 heteroatoms. The highest BCUT2D eigenvalue weighted by atomic mass is 35.5. The molecule has 1 unspecified atom stereocenters. The Labute approximate surface area is 181 Å². The van der Waals surface area contributed by atoms with E-state index in [1.165, 1.54) is 5.56 Å². The van der Waals surface area contributed by atoms with Crippen LogP contribution in [-0.2, 0) is 4.74 Å². The quantitative estimate of drug-likeness (QED) is 0.472. The van der Waals surface area contributed by atoms with Gasteiger partial charge in [-0.3, -0.25) is 4.99 Å². The van der Waals surface area contributed by atoms with Gasteiger partial charge in [0.2, 0.25) is 0 Å². The summed E-state index contributed by atoms with van der Waals surface area (Å²) in [5.41, 5.74) is 1.24. The molecule has 0 bridgehead atoms. The molecule has 1 atom stereocenters. The first-order valence-corrected chi connectivity index (χ1v) is 11.0. The molecule has 29 heavy (non-hydrogen) atoms. The van der Waals surface area contributed by atoms with Crippen LogP contribution in [0.1, 0.15) is 38.3 Å². The number of aliphatic imine (C=N–C) groups is 1. The third-order valence-corrected chi connectivity index (χ3v) is 5.60. The number of hydrogen-bond acceptors (Lipinski definition) is 4. The van der Waals surface area contributed by atoms with Crippen LogP contribution in [0.25, 0.3) is 0 Å². The van der Waals surface area contributed by atoms with Gasteiger partial charge in [-0.1, -0.05) is 23.7 Å². The molecule has 0 radical (unpaired) electrons. The number of nitrogens with one attached hydrogen (secondary N) is 2. The lowest BCUT2D eigenvalue weighted by atomic mass is 10.1. The molecule has 164 valence electrons. The number of halogens is 1. The van der Waals surface area contributed by atoms with Crippen molar-refractivity contribution in [1.82, 2.24) is 20.4 Å². The molecule has 1 aliphatic heterocycles. The number of hydrogen-bond donors (Lipinski definition) is 2. The van der Waals surface area contributed by atoms with Gasteiger partial charge in [0.15, 0.2) is 5.96 Å². The molecule has 1 fully saturated rings. The van der Waals surface area contributed by atoms with Crippen LogP contribution in [0.15, 0.2) is 29.3 Å². The smallest absolute Gasteiger partial charge is 0.191 e. The molecule has 1 heterocycles. The van der Waals surface area contributed by atoms with Crippen molar-refractivity contribution in [2.24, 2.45) is 4.99 Å². The van der Waals surface area contributed by atoms with Crippen molar-refractivity contribution in [3.63, 3.8) is 0 Å². The lowest BCUT2D eigenvalue weighted by molar-refractivity contribution is 0.0532. The number of likely N-dealkylation sites (tertiary alicyclic amines) is 1. The summed E-state index contributed by atoms with van der Waals surface area (Å²) in [5, 5.41) is 7.86. The molecule has 0 aromatic heterocycles. The van der Waals surface area contributed by atoms with Crippen LogP contribution < -0.4 is 10.6 Å². The predicted molar refractivity (Wildman–Crippen MR) is 123 cm³/mol. The molecule has 1 saturated heterocycles. The fraction of sp³-hybridized carbons (Fsp3) is 0.682.